The molecular weight excluding hydrogens is 276 g/mol. The van der Waals surface area contributed by atoms with Crippen molar-refractivity contribution in [2.75, 3.05) is 11.9 Å². The first-order chi connectivity index (χ1) is 10.5. The van der Waals surface area contributed by atoms with Crippen LogP contribution in [0.5, 0.6) is 0 Å². The first kappa shape index (κ1) is 15.8. The van der Waals surface area contributed by atoms with Gasteiger partial charge >= 0.3 is 0 Å². The van der Waals surface area contributed by atoms with Crippen LogP contribution < -0.4 is 10.6 Å². The molecule has 2 rings (SSSR count). The summed E-state index contributed by atoms with van der Waals surface area (Å²) in [5, 5.41) is 5.42. The molecule has 22 heavy (non-hydrogen) atoms. The van der Waals surface area contributed by atoms with Crippen LogP contribution in [0.25, 0.3) is 0 Å². The highest BCUT2D eigenvalue weighted by Gasteiger charge is 2.08. The van der Waals surface area contributed by atoms with E-state index in [1.54, 1.807) is 0 Å². The van der Waals surface area contributed by atoms with E-state index in [0.29, 0.717) is 0 Å². The Labute approximate surface area is 130 Å². The van der Waals surface area contributed by atoms with E-state index in [1.807, 2.05) is 62.4 Å². The van der Waals surface area contributed by atoms with Crippen LogP contribution in [0.3, 0.4) is 0 Å². The van der Waals surface area contributed by atoms with E-state index in [9.17, 15) is 9.59 Å². The topological polar surface area (TPSA) is 58.2 Å². The van der Waals surface area contributed by atoms with Gasteiger partial charge < -0.3 is 10.6 Å². The molecule has 2 aromatic carbocycles. The summed E-state index contributed by atoms with van der Waals surface area (Å²) in [6.07, 6.45) is 0.277. The second-order valence-electron chi connectivity index (χ2n) is 5.31. The maximum absolute atomic E-state index is 11.9. The smallest absolute Gasteiger partial charge is 0.243 e. The van der Waals surface area contributed by atoms with Gasteiger partial charge in [0.1, 0.15) is 0 Å². The zero-order valence-corrected chi connectivity index (χ0v) is 12.8. The van der Waals surface area contributed by atoms with E-state index in [4.69, 9.17) is 0 Å². The van der Waals surface area contributed by atoms with Crippen LogP contribution in [0.4, 0.5) is 5.69 Å². The summed E-state index contributed by atoms with van der Waals surface area (Å²) in [5.74, 6) is -0.391. The summed E-state index contributed by atoms with van der Waals surface area (Å²) in [5.41, 5.74) is 3.81. The van der Waals surface area contributed by atoms with Crippen molar-refractivity contribution in [1.82, 2.24) is 5.32 Å². The molecule has 0 fully saturated rings. The van der Waals surface area contributed by atoms with Crippen LogP contribution in [-0.4, -0.2) is 18.4 Å². The van der Waals surface area contributed by atoms with E-state index in [2.05, 4.69) is 10.6 Å². The molecule has 0 spiro atoms. The van der Waals surface area contributed by atoms with E-state index >= 15 is 0 Å². The lowest BCUT2D eigenvalue weighted by Gasteiger charge is -2.09. The molecule has 0 aliphatic carbocycles. The summed E-state index contributed by atoms with van der Waals surface area (Å²) in [7, 11) is 0. The van der Waals surface area contributed by atoms with E-state index < -0.39 is 0 Å². The average Bonchev–Trinajstić information content (AvgIpc) is 2.48. The molecule has 2 aromatic rings. The number of carbonyl (C=O) groups is 2. The minimum Gasteiger partial charge on any atom is -0.347 e. The SMILES string of the molecule is Cc1cccc(CC(=O)NCC(=O)Nc2ccccc2C)c1. The standard InChI is InChI=1S/C18H20N2O2/c1-13-6-5-8-15(10-13)11-17(21)19-12-18(22)20-16-9-4-3-7-14(16)2/h3-10H,11-12H2,1-2H3,(H,19,21)(H,20,22). The highest BCUT2D eigenvalue weighted by molar-refractivity contribution is 5.95. The van der Waals surface area contributed by atoms with Crippen LogP contribution >= 0.6 is 0 Å². The maximum Gasteiger partial charge on any atom is 0.243 e. The summed E-state index contributed by atoms with van der Waals surface area (Å²) < 4.78 is 0. The van der Waals surface area contributed by atoms with Crippen molar-refractivity contribution in [2.24, 2.45) is 0 Å². The zero-order chi connectivity index (χ0) is 15.9. The average molecular weight is 296 g/mol. The molecule has 0 atom stereocenters. The van der Waals surface area contributed by atoms with Crippen LogP contribution in [-0.2, 0) is 16.0 Å². The van der Waals surface area contributed by atoms with Gasteiger partial charge in [-0.15, -0.1) is 0 Å². The van der Waals surface area contributed by atoms with E-state index in [1.165, 1.54) is 0 Å². The van der Waals surface area contributed by atoms with Crippen molar-refractivity contribution >= 4 is 17.5 Å². The van der Waals surface area contributed by atoms with Gasteiger partial charge in [0.15, 0.2) is 0 Å². The van der Waals surface area contributed by atoms with Crippen LogP contribution in [0.2, 0.25) is 0 Å². The number of anilines is 1. The van der Waals surface area contributed by atoms with Gasteiger partial charge in [0.2, 0.25) is 11.8 Å². The minimum atomic E-state index is -0.230. The van der Waals surface area contributed by atoms with Gasteiger partial charge in [-0.2, -0.15) is 0 Å². The van der Waals surface area contributed by atoms with Gasteiger partial charge in [0, 0.05) is 5.69 Å². The Balaban J connectivity index is 1.81. The number of nitrogens with one attached hydrogen (secondary N) is 2. The normalized spacial score (nSPS) is 10.1. The molecule has 0 aliphatic rings. The lowest BCUT2D eigenvalue weighted by molar-refractivity contribution is -0.123. The summed E-state index contributed by atoms with van der Waals surface area (Å²) in [6, 6.07) is 15.3. The minimum absolute atomic E-state index is 0.0288. The number of hydrogen-bond donors (Lipinski definition) is 2. The largest absolute Gasteiger partial charge is 0.347 e. The maximum atomic E-state index is 11.9. The summed E-state index contributed by atoms with van der Waals surface area (Å²) in [4.78, 5) is 23.7. The van der Waals surface area contributed by atoms with Gasteiger partial charge in [-0.05, 0) is 31.0 Å². The predicted molar refractivity (Wildman–Crippen MR) is 87.7 cm³/mol. The third-order valence-electron chi connectivity index (χ3n) is 3.31. The highest BCUT2D eigenvalue weighted by Crippen LogP contribution is 2.12. The summed E-state index contributed by atoms with van der Waals surface area (Å²) >= 11 is 0. The first-order valence-corrected chi connectivity index (χ1v) is 7.22. The number of carbonyl (C=O) groups excluding carboxylic acids is 2. The highest BCUT2D eigenvalue weighted by atomic mass is 16.2. The van der Waals surface area contributed by atoms with Gasteiger partial charge in [0.25, 0.3) is 0 Å². The molecule has 4 nitrogen and oxygen atoms in total. The first-order valence-electron chi connectivity index (χ1n) is 7.22. The lowest BCUT2D eigenvalue weighted by Crippen LogP contribution is -2.33. The van der Waals surface area contributed by atoms with Gasteiger partial charge in [-0.1, -0.05) is 48.0 Å². The van der Waals surface area contributed by atoms with Crippen molar-refractivity contribution in [2.45, 2.75) is 20.3 Å². The Bertz CT molecular complexity index is 680. The van der Waals surface area contributed by atoms with Crippen molar-refractivity contribution in [3.05, 3.63) is 65.2 Å². The number of rotatable bonds is 5. The Kier molecular flexibility index (Phi) is 5.31. The van der Waals surface area contributed by atoms with Crippen molar-refractivity contribution in [3.63, 3.8) is 0 Å². The molecule has 0 bridgehead atoms. The molecule has 0 unspecified atom stereocenters. The second kappa shape index (κ2) is 7.41. The third-order valence-corrected chi connectivity index (χ3v) is 3.31. The zero-order valence-electron chi connectivity index (χ0n) is 12.8. The Morgan fingerprint density at radius 1 is 0.955 bits per heavy atom. The van der Waals surface area contributed by atoms with Gasteiger partial charge in [-0.3, -0.25) is 9.59 Å². The molecular formula is C18H20N2O2. The fraction of sp³-hybridized carbons (Fsp3) is 0.222. The Morgan fingerprint density at radius 3 is 2.45 bits per heavy atom. The molecule has 0 aliphatic heterocycles. The van der Waals surface area contributed by atoms with Crippen molar-refractivity contribution in [3.8, 4) is 0 Å². The van der Waals surface area contributed by atoms with Crippen LogP contribution in [0.1, 0.15) is 16.7 Å². The molecule has 2 N–H and O–H groups in total. The van der Waals surface area contributed by atoms with Crippen molar-refractivity contribution < 1.29 is 9.59 Å². The monoisotopic (exact) mass is 296 g/mol. The summed E-state index contributed by atoms with van der Waals surface area (Å²) in [6.45, 7) is 3.88. The number of aryl methyl sites for hydroxylation is 2. The number of para-hydroxylation sites is 1. The molecule has 0 saturated heterocycles. The Morgan fingerprint density at radius 2 is 1.73 bits per heavy atom. The molecule has 0 saturated carbocycles. The molecule has 0 radical (unpaired) electrons. The molecule has 0 aromatic heterocycles. The van der Waals surface area contributed by atoms with Gasteiger partial charge in [-0.25, -0.2) is 0 Å². The van der Waals surface area contributed by atoms with Crippen molar-refractivity contribution in [1.29, 1.82) is 0 Å². The number of benzene rings is 2. The number of hydrogen-bond acceptors (Lipinski definition) is 2. The van der Waals surface area contributed by atoms with Crippen LogP contribution in [0.15, 0.2) is 48.5 Å². The quantitative estimate of drug-likeness (QED) is 0.891. The van der Waals surface area contributed by atoms with Crippen LogP contribution in [0, 0.1) is 13.8 Å². The Hall–Kier alpha value is -2.62. The van der Waals surface area contributed by atoms with E-state index in [-0.39, 0.29) is 24.8 Å². The number of amides is 2. The van der Waals surface area contributed by atoms with E-state index in [0.717, 1.165) is 22.4 Å². The molecule has 114 valence electrons. The fourth-order valence-corrected chi connectivity index (χ4v) is 2.16. The molecule has 0 heterocycles. The second-order valence-corrected chi connectivity index (χ2v) is 5.31. The fourth-order valence-electron chi connectivity index (χ4n) is 2.16. The van der Waals surface area contributed by atoms with Gasteiger partial charge in [0.05, 0.1) is 13.0 Å². The third kappa shape index (κ3) is 4.74. The predicted octanol–water partition coefficient (Wildman–Crippen LogP) is 2.60. The molecule has 4 heteroatoms. The lowest BCUT2D eigenvalue weighted by atomic mass is 10.1. The molecule has 2 amide bonds.